The highest BCUT2D eigenvalue weighted by molar-refractivity contribution is 5.77. The lowest BCUT2D eigenvalue weighted by Gasteiger charge is -2.33. The fraction of sp³-hybridized carbons (Fsp3) is 0.500. The van der Waals surface area contributed by atoms with Gasteiger partial charge in [-0.3, -0.25) is 9.69 Å². The Balaban J connectivity index is 2.70. The van der Waals surface area contributed by atoms with Gasteiger partial charge in [0, 0.05) is 6.54 Å². The van der Waals surface area contributed by atoms with E-state index in [9.17, 15) is 4.79 Å². The van der Waals surface area contributed by atoms with Gasteiger partial charge in [0.05, 0.1) is 0 Å². The van der Waals surface area contributed by atoms with Crippen LogP contribution < -0.4 is 0 Å². The minimum absolute atomic E-state index is 0.319. The van der Waals surface area contributed by atoms with Crippen LogP contribution in [-0.4, -0.2) is 35.1 Å². The van der Waals surface area contributed by atoms with Crippen LogP contribution in [0.4, 0.5) is 0 Å². The van der Waals surface area contributed by atoms with Crippen molar-refractivity contribution in [3.05, 3.63) is 35.9 Å². The molecule has 0 fully saturated rings. The molecular weight excluding hydrogens is 214 g/mol. The molecule has 0 saturated carbocycles. The molecule has 1 unspecified atom stereocenters. The van der Waals surface area contributed by atoms with Crippen LogP contribution in [-0.2, 0) is 4.79 Å². The van der Waals surface area contributed by atoms with Crippen molar-refractivity contribution >= 4 is 5.97 Å². The van der Waals surface area contributed by atoms with Crippen LogP contribution in [0, 0.1) is 0 Å². The van der Waals surface area contributed by atoms with E-state index in [-0.39, 0.29) is 0 Å². The fourth-order valence-corrected chi connectivity index (χ4v) is 1.69. The Bertz CT molecular complexity index is 373. The average Bonchev–Trinajstić information content (AvgIpc) is 2.29. The summed E-state index contributed by atoms with van der Waals surface area (Å²) >= 11 is 0. The molecule has 1 rings (SSSR count). The normalized spacial score (nSPS) is 13.7. The molecule has 0 amide bonds. The van der Waals surface area contributed by atoms with Gasteiger partial charge in [-0.15, -0.1) is 0 Å². The van der Waals surface area contributed by atoms with Crippen molar-refractivity contribution in [1.29, 1.82) is 0 Å². The van der Waals surface area contributed by atoms with Crippen molar-refractivity contribution in [3.63, 3.8) is 0 Å². The molecule has 17 heavy (non-hydrogen) atoms. The third-order valence-corrected chi connectivity index (χ3v) is 3.39. The molecule has 3 heteroatoms. The Morgan fingerprint density at radius 2 is 1.88 bits per heavy atom. The van der Waals surface area contributed by atoms with E-state index in [1.165, 1.54) is 5.56 Å². The summed E-state index contributed by atoms with van der Waals surface area (Å²) in [6, 6.07) is 10.2. The van der Waals surface area contributed by atoms with Gasteiger partial charge in [0.25, 0.3) is 0 Å². The molecule has 0 bridgehead atoms. The summed E-state index contributed by atoms with van der Waals surface area (Å²) in [4.78, 5) is 13.0. The predicted molar refractivity (Wildman–Crippen MR) is 69.2 cm³/mol. The number of hydrogen-bond donors (Lipinski definition) is 1. The smallest absolute Gasteiger partial charge is 0.323 e. The largest absolute Gasteiger partial charge is 0.480 e. The van der Waals surface area contributed by atoms with Crippen molar-refractivity contribution in [1.82, 2.24) is 4.90 Å². The zero-order chi connectivity index (χ0) is 13.1. The lowest BCUT2D eigenvalue weighted by molar-refractivity contribution is -0.148. The second-order valence-electron chi connectivity index (χ2n) is 5.06. The molecule has 94 valence electrons. The number of carbonyl (C=O) groups is 1. The molecule has 1 aromatic rings. The number of likely N-dealkylation sites (N-methyl/N-ethyl adjacent to an activating group) is 1. The van der Waals surface area contributed by atoms with Crippen LogP contribution in [0.2, 0.25) is 0 Å². The highest BCUT2D eigenvalue weighted by Gasteiger charge is 2.32. The maximum Gasteiger partial charge on any atom is 0.323 e. The first-order valence-electron chi connectivity index (χ1n) is 5.85. The number of nitrogens with zero attached hydrogens (tertiary/aromatic N) is 1. The first-order valence-corrected chi connectivity index (χ1v) is 5.85. The number of hydrogen-bond acceptors (Lipinski definition) is 2. The molecule has 1 N–H and O–H groups in total. The third-order valence-electron chi connectivity index (χ3n) is 3.39. The Hall–Kier alpha value is -1.35. The van der Waals surface area contributed by atoms with E-state index in [1.54, 1.807) is 13.8 Å². The van der Waals surface area contributed by atoms with E-state index < -0.39 is 11.5 Å². The van der Waals surface area contributed by atoms with E-state index in [4.69, 9.17) is 5.11 Å². The van der Waals surface area contributed by atoms with Crippen LogP contribution in [0.3, 0.4) is 0 Å². The third kappa shape index (κ3) is 3.30. The first kappa shape index (κ1) is 13.7. The maximum absolute atomic E-state index is 11.1. The van der Waals surface area contributed by atoms with Gasteiger partial charge in [-0.25, -0.2) is 0 Å². The summed E-state index contributed by atoms with van der Waals surface area (Å²) in [5, 5.41) is 9.15. The standard InChI is InChI=1S/C14H21NO2/c1-11(12-8-6-5-7-9-12)10-15(4)14(2,3)13(16)17/h5-9,11H,10H2,1-4H3,(H,16,17). The summed E-state index contributed by atoms with van der Waals surface area (Å²) in [5.41, 5.74) is 0.406. The highest BCUT2D eigenvalue weighted by atomic mass is 16.4. The number of aliphatic carboxylic acids is 1. The Morgan fingerprint density at radius 1 is 1.35 bits per heavy atom. The molecule has 0 saturated heterocycles. The van der Waals surface area contributed by atoms with E-state index in [0.717, 1.165) is 6.54 Å². The molecule has 0 radical (unpaired) electrons. The van der Waals surface area contributed by atoms with Crippen molar-refractivity contribution < 1.29 is 9.90 Å². The van der Waals surface area contributed by atoms with Crippen LogP contribution in [0.15, 0.2) is 30.3 Å². The first-order chi connectivity index (χ1) is 7.85. The van der Waals surface area contributed by atoms with E-state index >= 15 is 0 Å². The summed E-state index contributed by atoms with van der Waals surface area (Å²) in [6.45, 7) is 6.30. The number of carboxylic acids is 1. The summed E-state index contributed by atoms with van der Waals surface area (Å²) in [5.74, 6) is -0.472. The summed E-state index contributed by atoms with van der Waals surface area (Å²) in [7, 11) is 1.85. The van der Waals surface area contributed by atoms with Crippen LogP contribution in [0.25, 0.3) is 0 Å². The summed E-state index contributed by atoms with van der Waals surface area (Å²) in [6.07, 6.45) is 0. The monoisotopic (exact) mass is 235 g/mol. The minimum Gasteiger partial charge on any atom is -0.480 e. The Morgan fingerprint density at radius 3 is 2.35 bits per heavy atom. The summed E-state index contributed by atoms with van der Waals surface area (Å²) < 4.78 is 0. The molecule has 0 spiro atoms. The van der Waals surface area contributed by atoms with Crippen LogP contribution in [0.5, 0.6) is 0 Å². The number of benzene rings is 1. The van der Waals surface area contributed by atoms with Gasteiger partial charge in [0.2, 0.25) is 0 Å². The molecule has 1 aromatic carbocycles. The molecular formula is C14H21NO2. The predicted octanol–water partition coefficient (Wildman–Crippen LogP) is 2.59. The molecule has 0 aliphatic rings. The molecule has 3 nitrogen and oxygen atoms in total. The van der Waals surface area contributed by atoms with E-state index in [2.05, 4.69) is 19.1 Å². The van der Waals surface area contributed by atoms with Gasteiger partial charge in [-0.1, -0.05) is 37.3 Å². The van der Waals surface area contributed by atoms with Gasteiger partial charge < -0.3 is 5.11 Å². The van der Waals surface area contributed by atoms with Crippen LogP contribution in [0.1, 0.15) is 32.3 Å². The minimum atomic E-state index is -0.830. The van der Waals surface area contributed by atoms with Crippen molar-refractivity contribution in [2.24, 2.45) is 0 Å². The molecule has 0 aliphatic heterocycles. The molecule has 1 atom stereocenters. The van der Waals surface area contributed by atoms with Gasteiger partial charge in [-0.2, -0.15) is 0 Å². The van der Waals surface area contributed by atoms with E-state index in [0.29, 0.717) is 5.92 Å². The van der Waals surface area contributed by atoms with Crippen molar-refractivity contribution in [3.8, 4) is 0 Å². The Labute approximate surface area is 103 Å². The zero-order valence-corrected chi connectivity index (χ0v) is 11.0. The number of rotatable bonds is 5. The van der Waals surface area contributed by atoms with Gasteiger partial charge in [-0.05, 0) is 32.4 Å². The van der Waals surface area contributed by atoms with E-state index in [1.807, 2.05) is 30.1 Å². The maximum atomic E-state index is 11.1. The van der Waals surface area contributed by atoms with Gasteiger partial charge in [0.1, 0.15) is 5.54 Å². The van der Waals surface area contributed by atoms with Crippen LogP contribution >= 0.6 is 0 Å². The van der Waals surface area contributed by atoms with Gasteiger partial charge >= 0.3 is 5.97 Å². The topological polar surface area (TPSA) is 40.5 Å². The van der Waals surface area contributed by atoms with Crippen molar-refractivity contribution in [2.75, 3.05) is 13.6 Å². The molecule has 0 aliphatic carbocycles. The second kappa shape index (κ2) is 5.32. The lowest BCUT2D eigenvalue weighted by atomic mass is 9.97. The number of carboxylic acid groups (broad SMARTS) is 1. The van der Waals surface area contributed by atoms with Crippen molar-refractivity contribution in [2.45, 2.75) is 32.2 Å². The quantitative estimate of drug-likeness (QED) is 0.852. The fourth-order valence-electron chi connectivity index (χ4n) is 1.69. The average molecular weight is 235 g/mol. The highest BCUT2D eigenvalue weighted by Crippen LogP contribution is 2.20. The lowest BCUT2D eigenvalue weighted by Crippen LogP contribution is -2.49. The molecule has 0 aromatic heterocycles. The second-order valence-corrected chi connectivity index (χ2v) is 5.06. The van der Waals surface area contributed by atoms with Gasteiger partial charge in [0.15, 0.2) is 0 Å². The SMILES string of the molecule is CC(CN(C)C(C)(C)C(=O)O)c1ccccc1. The Kier molecular flexibility index (Phi) is 4.29. The zero-order valence-electron chi connectivity index (χ0n) is 11.0. The molecule has 0 heterocycles.